The summed E-state index contributed by atoms with van der Waals surface area (Å²) >= 11 is 5.81. The molecule has 1 aliphatic heterocycles. The predicted molar refractivity (Wildman–Crippen MR) is 56.2 cm³/mol. The SMILES string of the molecule is N#CC1(c2ccc(Cl)cc2)CCNC1. The van der Waals surface area contributed by atoms with Gasteiger partial charge in [-0.1, -0.05) is 23.7 Å². The molecular weight excluding hydrogens is 196 g/mol. The Bertz CT molecular complexity index is 358. The summed E-state index contributed by atoms with van der Waals surface area (Å²) in [7, 11) is 0. The number of benzene rings is 1. The van der Waals surface area contributed by atoms with Crippen molar-refractivity contribution in [2.24, 2.45) is 0 Å². The Morgan fingerprint density at radius 3 is 2.57 bits per heavy atom. The van der Waals surface area contributed by atoms with Gasteiger partial charge in [-0.15, -0.1) is 0 Å². The highest BCUT2D eigenvalue weighted by Gasteiger charge is 2.35. The van der Waals surface area contributed by atoms with Crippen LogP contribution in [0.15, 0.2) is 24.3 Å². The summed E-state index contributed by atoms with van der Waals surface area (Å²) in [6.07, 6.45) is 0.880. The molecule has 0 amide bonds. The van der Waals surface area contributed by atoms with Crippen LogP contribution in [0, 0.1) is 11.3 Å². The maximum atomic E-state index is 9.22. The van der Waals surface area contributed by atoms with Crippen LogP contribution in [-0.2, 0) is 5.41 Å². The van der Waals surface area contributed by atoms with Crippen molar-refractivity contribution in [2.75, 3.05) is 13.1 Å². The molecule has 0 aromatic heterocycles. The van der Waals surface area contributed by atoms with Gasteiger partial charge in [-0.3, -0.25) is 0 Å². The van der Waals surface area contributed by atoms with E-state index in [2.05, 4.69) is 11.4 Å². The summed E-state index contributed by atoms with van der Waals surface area (Å²) in [6.45, 7) is 1.65. The predicted octanol–water partition coefficient (Wildman–Crippen LogP) is 2.09. The summed E-state index contributed by atoms with van der Waals surface area (Å²) in [5.41, 5.74) is 0.722. The van der Waals surface area contributed by atoms with Crippen molar-refractivity contribution in [1.29, 1.82) is 5.26 Å². The molecule has 2 rings (SSSR count). The second-order valence-corrected chi connectivity index (χ2v) is 4.06. The first-order valence-corrected chi connectivity index (χ1v) is 5.03. The van der Waals surface area contributed by atoms with Crippen LogP contribution in [0.4, 0.5) is 0 Å². The van der Waals surface area contributed by atoms with Crippen LogP contribution in [-0.4, -0.2) is 13.1 Å². The normalized spacial score (nSPS) is 26.0. The van der Waals surface area contributed by atoms with Crippen molar-refractivity contribution < 1.29 is 0 Å². The van der Waals surface area contributed by atoms with Crippen molar-refractivity contribution in [3.63, 3.8) is 0 Å². The van der Waals surface area contributed by atoms with Gasteiger partial charge in [0.2, 0.25) is 0 Å². The van der Waals surface area contributed by atoms with E-state index in [1.54, 1.807) is 0 Å². The van der Waals surface area contributed by atoms with E-state index < -0.39 is 0 Å². The van der Waals surface area contributed by atoms with E-state index in [1.807, 2.05) is 24.3 Å². The first-order valence-electron chi connectivity index (χ1n) is 4.65. The molecule has 0 bridgehead atoms. The van der Waals surface area contributed by atoms with Gasteiger partial charge in [0.15, 0.2) is 0 Å². The average Bonchev–Trinajstić information content (AvgIpc) is 2.68. The lowest BCUT2D eigenvalue weighted by atomic mass is 9.81. The highest BCUT2D eigenvalue weighted by molar-refractivity contribution is 6.30. The number of halogens is 1. The van der Waals surface area contributed by atoms with E-state index in [4.69, 9.17) is 11.6 Å². The van der Waals surface area contributed by atoms with Gasteiger partial charge in [0.25, 0.3) is 0 Å². The number of rotatable bonds is 1. The first kappa shape index (κ1) is 9.51. The molecule has 0 saturated carbocycles. The quantitative estimate of drug-likeness (QED) is 0.764. The molecule has 14 heavy (non-hydrogen) atoms. The molecule has 72 valence electrons. The number of nitrogens with one attached hydrogen (secondary N) is 1. The van der Waals surface area contributed by atoms with E-state index in [0.29, 0.717) is 5.02 Å². The highest BCUT2D eigenvalue weighted by Crippen LogP contribution is 2.30. The van der Waals surface area contributed by atoms with Gasteiger partial charge < -0.3 is 5.32 Å². The van der Waals surface area contributed by atoms with Crippen molar-refractivity contribution in [2.45, 2.75) is 11.8 Å². The van der Waals surface area contributed by atoms with Crippen molar-refractivity contribution in [1.82, 2.24) is 5.32 Å². The van der Waals surface area contributed by atoms with Crippen LogP contribution >= 0.6 is 11.6 Å². The Labute approximate surface area is 88.5 Å². The highest BCUT2D eigenvalue weighted by atomic mass is 35.5. The van der Waals surface area contributed by atoms with E-state index in [9.17, 15) is 5.26 Å². The van der Waals surface area contributed by atoms with Crippen LogP contribution in [0.1, 0.15) is 12.0 Å². The molecule has 3 heteroatoms. The molecule has 2 nitrogen and oxygen atoms in total. The molecule has 0 radical (unpaired) electrons. The minimum Gasteiger partial charge on any atom is -0.315 e. The van der Waals surface area contributed by atoms with Gasteiger partial charge >= 0.3 is 0 Å². The smallest absolute Gasteiger partial charge is 0.0958 e. The van der Waals surface area contributed by atoms with Crippen molar-refractivity contribution in [3.8, 4) is 6.07 Å². The Morgan fingerprint density at radius 2 is 2.07 bits per heavy atom. The Morgan fingerprint density at radius 1 is 1.36 bits per heavy atom. The summed E-state index contributed by atoms with van der Waals surface area (Å²) in [5, 5.41) is 13.2. The standard InChI is InChI=1S/C11H11ClN2/c12-10-3-1-9(2-4-10)11(7-13)5-6-14-8-11/h1-4,14H,5-6,8H2. The molecule has 1 aliphatic rings. The van der Waals surface area contributed by atoms with Gasteiger partial charge in [-0.05, 0) is 30.7 Å². The number of nitriles is 1. The minimum atomic E-state index is -0.343. The largest absolute Gasteiger partial charge is 0.315 e. The molecule has 1 aromatic carbocycles. The molecule has 0 spiro atoms. The molecule has 1 atom stereocenters. The fraction of sp³-hybridized carbons (Fsp3) is 0.364. The van der Waals surface area contributed by atoms with Gasteiger partial charge in [0.1, 0.15) is 0 Å². The molecule has 1 N–H and O–H groups in total. The first-order chi connectivity index (χ1) is 6.77. The fourth-order valence-corrected chi connectivity index (χ4v) is 1.99. The molecule has 1 saturated heterocycles. The topological polar surface area (TPSA) is 35.8 Å². The van der Waals surface area contributed by atoms with E-state index in [0.717, 1.165) is 25.1 Å². The van der Waals surface area contributed by atoms with E-state index >= 15 is 0 Å². The second-order valence-electron chi connectivity index (χ2n) is 3.63. The Hall–Kier alpha value is -1.04. The van der Waals surface area contributed by atoms with Gasteiger partial charge in [0.05, 0.1) is 11.5 Å². The van der Waals surface area contributed by atoms with Crippen molar-refractivity contribution in [3.05, 3.63) is 34.9 Å². The minimum absolute atomic E-state index is 0.343. The summed E-state index contributed by atoms with van der Waals surface area (Å²) in [5.74, 6) is 0. The van der Waals surface area contributed by atoms with Crippen LogP contribution in [0.3, 0.4) is 0 Å². The van der Waals surface area contributed by atoms with Gasteiger partial charge in [-0.25, -0.2) is 0 Å². The zero-order valence-electron chi connectivity index (χ0n) is 7.76. The molecule has 1 aromatic rings. The monoisotopic (exact) mass is 206 g/mol. The fourth-order valence-electron chi connectivity index (χ4n) is 1.87. The van der Waals surface area contributed by atoms with Crippen molar-refractivity contribution >= 4 is 11.6 Å². The van der Waals surface area contributed by atoms with E-state index in [1.165, 1.54) is 0 Å². The number of hydrogen-bond donors (Lipinski definition) is 1. The maximum absolute atomic E-state index is 9.22. The number of hydrogen-bond acceptors (Lipinski definition) is 2. The van der Waals surface area contributed by atoms with Crippen LogP contribution in [0.5, 0.6) is 0 Å². The molecular formula is C11H11ClN2. The molecule has 1 fully saturated rings. The third kappa shape index (κ3) is 1.50. The average molecular weight is 207 g/mol. The summed E-state index contributed by atoms with van der Waals surface area (Å²) < 4.78 is 0. The third-order valence-corrected chi connectivity index (χ3v) is 3.02. The lowest BCUT2D eigenvalue weighted by molar-refractivity contribution is 0.610. The van der Waals surface area contributed by atoms with Crippen LogP contribution in [0.25, 0.3) is 0 Å². The van der Waals surface area contributed by atoms with Crippen LogP contribution < -0.4 is 5.32 Å². The molecule has 0 aliphatic carbocycles. The summed E-state index contributed by atoms with van der Waals surface area (Å²) in [6, 6.07) is 9.98. The Kier molecular flexibility index (Phi) is 2.45. The lowest BCUT2D eigenvalue weighted by Crippen LogP contribution is -2.26. The molecule has 1 unspecified atom stereocenters. The third-order valence-electron chi connectivity index (χ3n) is 2.77. The van der Waals surface area contributed by atoms with Gasteiger partial charge in [-0.2, -0.15) is 5.26 Å². The van der Waals surface area contributed by atoms with Crippen LogP contribution in [0.2, 0.25) is 5.02 Å². The summed E-state index contributed by atoms with van der Waals surface area (Å²) in [4.78, 5) is 0. The second kappa shape index (κ2) is 3.61. The molecule has 1 heterocycles. The zero-order valence-corrected chi connectivity index (χ0v) is 8.51. The van der Waals surface area contributed by atoms with Gasteiger partial charge in [0, 0.05) is 11.6 Å². The lowest BCUT2D eigenvalue weighted by Gasteiger charge is -2.19. The Balaban J connectivity index is 2.37. The maximum Gasteiger partial charge on any atom is 0.0958 e. The number of nitrogens with zero attached hydrogens (tertiary/aromatic N) is 1. The van der Waals surface area contributed by atoms with E-state index in [-0.39, 0.29) is 5.41 Å². The zero-order chi connectivity index (χ0) is 10.0.